The summed E-state index contributed by atoms with van der Waals surface area (Å²) in [5.41, 5.74) is 1.68. The van der Waals surface area contributed by atoms with Gasteiger partial charge < -0.3 is 14.7 Å². The molecule has 0 aliphatic rings. The molecule has 0 radical (unpaired) electrons. The van der Waals surface area contributed by atoms with Gasteiger partial charge in [0.25, 0.3) is 10.7 Å². The molecular formula is C11H9N3O2S. The van der Waals surface area contributed by atoms with Gasteiger partial charge in [0, 0.05) is 5.56 Å². The summed E-state index contributed by atoms with van der Waals surface area (Å²) in [6.45, 7) is 1.61. The molecule has 1 atom stereocenters. The predicted octanol–water partition coefficient (Wildman–Crippen LogP) is 2.13. The second-order valence-electron chi connectivity index (χ2n) is 3.55. The van der Waals surface area contributed by atoms with Crippen LogP contribution in [0.25, 0.3) is 11.1 Å². The van der Waals surface area contributed by atoms with Gasteiger partial charge in [0.2, 0.25) is 0 Å². The lowest BCUT2D eigenvalue weighted by molar-refractivity contribution is 0.0948. The SMILES string of the molecule is CC(C#N)NC(=O)c1ccc2[nH]c(=S)oc2c1. The molecule has 0 saturated carbocycles. The Kier molecular flexibility index (Phi) is 2.93. The lowest BCUT2D eigenvalue weighted by atomic mass is 10.2. The molecule has 0 spiro atoms. The number of nitrogens with one attached hydrogen (secondary N) is 2. The molecule has 1 aromatic heterocycles. The number of nitrogens with zero attached hydrogens (tertiary/aromatic N) is 1. The summed E-state index contributed by atoms with van der Waals surface area (Å²) in [7, 11) is 0. The van der Waals surface area contributed by atoms with Crippen molar-refractivity contribution in [3.63, 3.8) is 0 Å². The standard InChI is InChI=1S/C11H9N3O2S/c1-6(5-12)13-10(15)7-2-3-8-9(4-7)16-11(17)14-8/h2-4,6H,1H3,(H,13,15)(H,14,17). The molecular weight excluding hydrogens is 238 g/mol. The van der Waals surface area contributed by atoms with Crippen LogP contribution >= 0.6 is 12.2 Å². The van der Waals surface area contributed by atoms with Gasteiger partial charge in [-0.1, -0.05) is 0 Å². The highest BCUT2D eigenvalue weighted by Crippen LogP contribution is 2.15. The maximum Gasteiger partial charge on any atom is 0.266 e. The smallest absolute Gasteiger partial charge is 0.266 e. The van der Waals surface area contributed by atoms with E-state index < -0.39 is 6.04 Å². The third-order valence-corrected chi connectivity index (χ3v) is 2.41. The number of oxazole rings is 1. The first-order valence-electron chi connectivity index (χ1n) is 4.93. The van der Waals surface area contributed by atoms with Crippen molar-refractivity contribution in [3.05, 3.63) is 28.6 Å². The van der Waals surface area contributed by atoms with E-state index in [1.807, 2.05) is 6.07 Å². The summed E-state index contributed by atoms with van der Waals surface area (Å²) in [6.07, 6.45) is 0. The molecule has 2 aromatic rings. The molecule has 1 unspecified atom stereocenters. The molecule has 6 heteroatoms. The minimum Gasteiger partial charge on any atom is -0.429 e. The molecule has 1 heterocycles. The highest BCUT2D eigenvalue weighted by molar-refractivity contribution is 7.71. The Bertz CT molecular complexity index is 665. The Morgan fingerprint density at radius 2 is 2.41 bits per heavy atom. The number of carbonyl (C=O) groups is 1. The molecule has 1 aromatic carbocycles. The van der Waals surface area contributed by atoms with Crippen LogP contribution in [-0.4, -0.2) is 16.9 Å². The Morgan fingerprint density at radius 1 is 1.65 bits per heavy atom. The molecule has 2 rings (SSSR count). The van der Waals surface area contributed by atoms with Crippen LogP contribution in [0.4, 0.5) is 0 Å². The van der Waals surface area contributed by atoms with E-state index in [2.05, 4.69) is 10.3 Å². The summed E-state index contributed by atoms with van der Waals surface area (Å²) < 4.78 is 5.20. The first-order valence-corrected chi connectivity index (χ1v) is 5.34. The van der Waals surface area contributed by atoms with Crippen molar-refractivity contribution in [1.82, 2.24) is 10.3 Å². The van der Waals surface area contributed by atoms with Crippen LogP contribution in [0.2, 0.25) is 0 Å². The molecule has 1 amide bonds. The largest absolute Gasteiger partial charge is 0.429 e. The van der Waals surface area contributed by atoms with Gasteiger partial charge in [-0.15, -0.1) is 0 Å². The second kappa shape index (κ2) is 4.39. The predicted molar refractivity (Wildman–Crippen MR) is 63.9 cm³/mol. The van der Waals surface area contributed by atoms with Crippen molar-refractivity contribution >= 4 is 29.2 Å². The van der Waals surface area contributed by atoms with Gasteiger partial charge in [0.1, 0.15) is 6.04 Å². The van der Waals surface area contributed by atoms with E-state index >= 15 is 0 Å². The van der Waals surface area contributed by atoms with E-state index in [0.29, 0.717) is 11.1 Å². The number of aromatic amines is 1. The molecule has 17 heavy (non-hydrogen) atoms. The fraction of sp³-hybridized carbons (Fsp3) is 0.182. The number of amides is 1. The van der Waals surface area contributed by atoms with Crippen molar-refractivity contribution in [2.24, 2.45) is 0 Å². The second-order valence-corrected chi connectivity index (χ2v) is 3.92. The Hall–Kier alpha value is -2.13. The van der Waals surface area contributed by atoms with Crippen molar-refractivity contribution in [3.8, 4) is 6.07 Å². The highest BCUT2D eigenvalue weighted by Gasteiger charge is 2.10. The van der Waals surface area contributed by atoms with Crippen LogP contribution in [0, 0.1) is 16.2 Å². The van der Waals surface area contributed by atoms with Gasteiger partial charge in [-0.2, -0.15) is 5.26 Å². The van der Waals surface area contributed by atoms with E-state index in [9.17, 15) is 4.79 Å². The molecule has 2 N–H and O–H groups in total. The van der Waals surface area contributed by atoms with E-state index in [-0.39, 0.29) is 10.7 Å². The fourth-order valence-electron chi connectivity index (χ4n) is 1.40. The number of H-pyrrole nitrogens is 1. The topological polar surface area (TPSA) is 81.8 Å². The van der Waals surface area contributed by atoms with Crippen molar-refractivity contribution < 1.29 is 9.21 Å². The summed E-state index contributed by atoms with van der Waals surface area (Å²) in [4.78, 5) is 14.8. The molecule has 86 valence electrons. The maximum atomic E-state index is 11.7. The number of aromatic nitrogens is 1. The van der Waals surface area contributed by atoms with E-state index in [1.54, 1.807) is 25.1 Å². The zero-order valence-electron chi connectivity index (χ0n) is 8.98. The number of hydrogen-bond acceptors (Lipinski definition) is 4. The summed E-state index contributed by atoms with van der Waals surface area (Å²) >= 11 is 4.84. The first-order chi connectivity index (χ1) is 8.10. The average molecular weight is 247 g/mol. The highest BCUT2D eigenvalue weighted by atomic mass is 32.1. The molecule has 0 bridgehead atoms. The van der Waals surface area contributed by atoms with Crippen molar-refractivity contribution in [2.75, 3.05) is 0 Å². The Morgan fingerprint density at radius 3 is 3.12 bits per heavy atom. The lowest BCUT2D eigenvalue weighted by Crippen LogP contribution is -2.31. The van der Waals surface area contributed by atoms with Crippen LogP contribution in [0.5, 0.6) is 0 Å². The number of carbonyl (C=O) groups excluding carboxylic acids is 1. The number of fused-ring (bicyclic) bond motifs is 1. The third-order valence-electron chi connectivity index (χ3n) is 2.22. The van der Waals surface area contributed by atoms with Crippen molar-refractivity contribution in [1.29, 1.82) is 5.26 Å². The molecule has 0 aliphatic heterocycles. The van der Waals surface area contributed by atoms with Crippen LogP contribution in [0.15, 0.2) is 22.6 Å². The molecule has 0 fully saturated rings. The van der Waals surface area contributed by atoms with Gasteiger partial charge in [-0.3, -0.25) is 4.79 Å². The summed E-state index contributed by atoms with van der Waals surface area (Å²) in [6, 6.07) is 6.33. The fourth-order valence-corrected chi connectivity index (χ4v) is 1.60. The van der Waals surface area contributed by atoms with Gasteiger partial charge >= 0.3 is 0 Å². The summed E-state index contributed by atoms with van der Waals surface area (Å²) in [5, 5.41) is 11.1. The molecule has 0 saturated heterocycles. The maximum absolute atomic E-state index is 11.7. The van der Waals surface area contributed by atoms with Gasteiger partial charge in [0.15, 0.2) is 5.58 Å². The zero-order valence-corrected chi connectivity index (χ0v) is 9.80. The normalized spacial score (nSPS) is 12.0. The number of nitriles is 1. The minimum atomic E-state index is -0.532. The zero-order chi connectivity index (χ0) is 12.4. The number of hydrogen-bond donors (Lipinski definition) is 2. The van der Waals surface area contributed by atoms with Crippen LogP contribution in [0.1, 0.15) is 17.3 Å². The number of rotatable bonds is 2. The Balaban J connectivity index is 2.33. The van der Waals surface area contributed by atoms with Crippen LogP contribution in [0.3, 0.4) is 0 Å². The number of benzene rings is 1. The molecule has 0 aliphatic carbocycles. The van der Waals surface area contributed by atoms with E-state index in [1.165, 1.54) is 0 Å². The third kappa shape index (κ3) is 2.34. The van der Waals surface area contributed by atoms with Crippen LogP contribution in [-0.2, 0) is 0 Å². The van der Waals surface area contributed by atoms with Crippen molar-refractivity contribution in [2.45, 2.75) is 13.0 Å². The van der Waals surface area contributed by atoms with E-state index in [0.717, 1.165) is 5.52 Å². The monoisotopic (exact) mass is 247 g/mol. The summed E-state index contributed by atoms with van der Waals surface area (Å²) in [5.74, 6) is -0.316. The van der Waals surface area contributed by atoms with E-state index in [4.69, 9.17) is 21.9 Å². The van der Waals surface area contributed by atoms with Gasteiger partial charge in [-0.25, -0.2) is 0 Å². The van der Waals surface area contributed by atoms with Gasteiger partial charge in [0.05, 0.1) is 11.6 Å². The lowest BCUT2D eigenvalue weighted by Gasteiger charge is -2.05. The van der Waals surface area contributed by atoms with Gasteiger partial charge in [-0.05, 0) is 37.3 Å². The average Bonchev–Trinajstić information content (AvgIpc) is 2.67. The Labute approximate surface area is 102 Å². The van der Waals surface area contributed by atoms with Crippen LogP contribution < -0.4 is 5.32 Å². The first kappa shape index (κ1) is 11.4. The minimum absolute atomic E-state index is 0.267. The quantitative estimate of drug-likeness (QED) is 0.796. The molecule has 5 nitrogen and oxygen atoms in total.